The van der Waals surface area contributed by atoms with Crippen LogP contribution in [0, 0.1) is 5.41 Å². The van der Waals surface area contributed by atoms with Crippen molar-refractivity contribution in [3.63, 3.8) is 0 Å². The molecule has 2 aliphatic rings. The van der Waals surface area contributed by atoms with Crippen molar-refractivity contribution in [2.24, 2.45) is 5.41 Å². The second kappa shape index (κ2) is 7.85. The number of benzene rings is 1. The fourth-order valence-corrected chi connectivity index (χ4v) is 3.48. The van der Waals surface area contributed by atoms with Gasteiger partial charge < -0.3 is 4.74 Å². The summed E-state index contributed by atoms with van der Waals surface area (Å²) in [5.74, 6) is -0.127. The Balaban J connectivity index is 1.42. The first-order chi connectivity index (χ1) is 11.9. The normalized spacial score (nSPS) is 25.9. The molecule has 3 rings (SSSR count). The zero-order valence-electron chi connectivity index (χ0n) is 15.7. The minimum Gasteiger partial charge on any atom is -0.446 e. The minimum absolute atomic E-state index is 0.127. The van der Waals surface area contributed by atoms with Crippen LogP contribution in [0.2, 0.25) is 0 Å². The number of carbonyl (C=O) groups is 1. The van der Waals surface area contributed by atoms with Crippen molar-refractivity contribution in [3.05, 3.63) is 35.9 Å². The fraction of sp³-hybridized carbons (Fsp3) is 0.650. The standard InChI is InChI=1S/C20H31N3O2/c1-20(2,3)19(24)25-18-13-17(14-21-18)23-11-9-22(10-12-23)15-16-7-5-4-6-8-16/h4-8,17-18,21H,9-15H2,1-3H3/t17-,18?/m0/s1. The number of hydrogen-bond acceptors (Lipinski definition) is 5. The first-order valence-corrected chi connectivity index (χ1v) is 9.36. The van der Waals surface area contributed by atoms with Gasteiger partial charge in [-0.2, -0.15) is 0 Å². The van der Waals surface area contributed by atoms with Crippen molar-refractivity contribution in [2.75, 3.05) is 32.7 Å². The number of carbonyl (C=O) groups excluding carboxylic acids is 1. The molecule has 1 aromatic carbocycles. The largest absolute Gasteiger partial charge is 0.446 e. The molecule has 2 aliphatic heterocycles. The molecule has 0 radical (unpaired) electrons. The highest BCUT2D eigenvalue weighted by Crippen LogP contribution is 2.21. The third-order valence-electron chi connectivity index (χ3n) is 5.10. The van der Waals surface area contributed by atoms with E-state index in [2.05, 4.69) is 45.4 Å². The molecule has 5 nitrogen and oxygen atoms in total. The van der Waals surface area contributed by atoms with Crippen molar-refractivity contribution in [2.45, 2.75) is 46.0 Å². The van der Waals surface area contributed by atoms with Crippen LogP contribution in [0.4, 0.5) is 0 Å². The van der Waals surface area contributed by atoms with Crippen molar-refractivity contribution in [3.8, 4) is 0 Å². The second-order valence-corrected chi connectivity index (χ2v) is 8.24. The van der Waals surface area contributed by atoms with Gasteiger partial charge in [-0.15, -0.1) is 0 Å². The van der Waals surface area contributed by atoms with E-state index >= 15 is 0 Å². The van der Waals surface area contributed by atoms with Gasteiger partial charge in [-0.3, -0.25) is 19.9 Å². The van der Waals surface area contributed by atoms with E-state index in [4.69, 9.17) is 4.74 Å². The summed E-state index contributed by atoms with van der Waals surface area (Å²) in [4.78, 5) is 17.1. The van der Waals surface area contributed by atoms with E-state index in [0.717, 1.165) is 45.7 Å². The summed E-state index contributed by atoms with van der Waals surface area (Å²) in [5.41, 5.74) is 0.940. The van der Waals surface area contributed by atoms with Gasteiger partial charge in [-0.1, -0.05) is 30.3 Å². The molecule has 25 heavy (non-hydrogen) atoms. The Morgan fingerprint density at radius 1 is 1.16 bits per heavy atom. The van der Waals surface area contributed by atoms with E-state index in [9.17, 15) is 4.79 Å². The Morgan fingerprint density at radius 3 is 2.48 bits per heavy atom. The van der Waals surface area contributed by atoms with Gasteiger partial charge in [0.15, 0.2) is 6.23 Å². The van der Waals surface area contributed by atoms with Gasteiger partial charge >= 0.3 is 5.97 Å². The Hall–Kier alpha value is -1.43. The SMILES string of the molecule is CC(C)(C)C(=O)OC1C[C@H](N2CCN(Cc3ccccc3)CC2)CN1. The average Bonchev–Trinajstić information content (AvgIpc) is 3.04. The van der Waals surface area contributed by atoms with E-state index in [1.165, 1.54) is 5.56 Å². The summed E-state index contributed by atoms with van der Waals surface area (Å²) in [6.45, 7) is 12.0. The Labute approximate surface area is 151 Å². The molecule has 138 valence electrons. The summed E-state index contributed by atoms with van der Waals surface area (Å²) in [5, 5.41) is 3.36. The van der Waals surface area contributed by atoms with E-state index in [0.29, 0.717) is 6.04 Å². The van der Waals surface area contributed by atoms with Gasteiger partial charge in [0.1, 0.15) is 0 Å². The number of nitrogens with zero attached hydrogens (tertiary/aromatic N) is 2. The number of ether oxygens (including phenoxy) is 1. The van der Waals surface area contributed by atoms with E-state index in [-0.39, 0.29) is 12.2 Å². The number of piperazine rings is 1. The zero-order valence-corrected chi connectivity index (χ0v) is 15.7. The maximum Gasteiger partial charge on any atom is 0.312 e. The quantitative estimate of drug-likeness (QED) is 0.847. The first-order valence-electron chi connectivity index (χ1n) is 9.36. The summed E-state index contributed by atoms with van der Waals surface area (Å²) in [7, 11) is 0. The van der Waals surface area contributed by atoms with E-state index in [1.54, 1.807) is 0 Å². The molecule has 1 unspecified atom stereocenters. The molecule has 5 heteroatoms. The maximum absolute atomic E-state index is 12.0. The predicted molar refractivity (Wildman–Crippen MR) is 99.0 cm³/mol. The highest BCUT2D eigenvalue weighted by molar-refractivity contribution is 5.75. The second-order valence-electron chi connectivity index (χ2n) is 8.24. The molecule has 0 aliphatic carbocycles. The number of hydrogen-bond donors (Lipinski definition) is 1. The van der Waals surface area contributed by atoms with Gasteiger partial charge in [-0.05, 0) is 26.3 Å². The summed E-state index contributed by atoms with van der Waals surface area (Å²) in [6, 6.07) is 11.1. The van der Waals surface area contributed by atoms with Crippen molar-refractivity contribution in [1.29, 1.82) is 0 Å². The van der Waals surface area contributed by atoms with Gasteiger partial charge in [0, 0.05) is 51.7 Å². The molecule has 1 aromatic rings. The summed E-state index contributed by atoms with van der Waals surface area (Å²) in [6.07, 6.45) is 0.750. The molecule has 1 N–H and O–H groups in total. The van der Waals surface area contributed by atoms with E-state index < -0.39 is 5.41 Å². The fourth-order valence-electron chi connectivity index (χ4n) is 3.48. The van der Waals surface area contributed by atoms with Crippen LogP contribution in [0.15, 0.2) is 30.3 Å². The number of nitrogens with one attached hydrogen (secondary N) is 1. The topological polar surface area (TPSA) is 44.8 Å². The molecule has 2 heterocycles. The van der Waals surface area contributed by atoms with Gasteiger partial charge in [0.2, 0.25) is 0 Å². The van der Waals surface area contributed by atoms with Crippen LogP contribution in [-0.4, -0.2) is 60.8 Å². The lowest BCUT2D eigenvalue weighted by molar-refractivity contribution is -0.159. The summed E-state index contributed by atoms with van der Waals surface area (Å²) < 4.78 is 5.61. The number of esters is 1. The molecular weight excluding hydrogens is 314 g/mol. The van der Waals surface area contributed by atoms with E-state index in [1.807, 2.05) is 20.8 Å². The molecule has 0 aromatic heterocycles. The van der Waals surface area contributed by atoms with Gasteiger partial charge in [0.05, 0.1) is 5.41 Å². The lowest BCUT2D eigenvalue weighted by Gasteiger charge is -2.37. The molecule has 2 fully saturated rings. The predicted octanol–water partition coefficient (Wildman–Crippen LogP) is 2.08. The Morgan fingerprint density at radius 2 is 1.84 bits per heavy atom. The van der Waals surface area contributed by atoms with Crippen LogP contribution in [0.3, 0.4) is 0 Å². The highest BCUT2D eigenvalue weighted by atomic mass is 16.6. The van der Waals surface area contributed by atoms with Crippen molar-refractivity contribution < 1.29 is 9.53 Å². The Bertz CT molecular complexity index is 562. The smallest absolute Gasteiger partial charge is 0.312 e. The molecule has 2 saturated heterocycles. The van der Waals surface area contributed by atoms with Gasteiger partial charge in [0.25, 0.3) is 0 Å². The lowest BCUT2D eigenvalue weighted by Crippen LogP contribution is -2.50. The average molecular weight is 345 g/mol. The lowest BCUT2D eigenvalue weighted by atomic mass is 9.97. The zero-order chi connectivity index (χ0) is 17.9. The number of rotatable bonds is 4. The van der Waals surface area contributed by atoms with Crippen LogP contribution >= 0.6 is 0 Å². The van der Waals surface area contributed by atoms with Crippen LogP contribution in [0.25, 0.3) is 0 Å². The maximum atomic E-state index is 12.0. The molecule has 0 amide bonds. The van der Waals surface area contributed by atoms with Crippen molar-refractivity contribution in [1.82, 2.24) is 15.1 Å². The van der Waals surface area contributed by atoms with Crippen LogP contribution in [0.1, 0.15) is 32.8 Å². The third kappa shape index (κ3) is 5.03. The molecular formula is C20H31N3O2. The van der Waals surface area contributed by atoms with Crippen LogP contribution in [-0.2, 0) is 16.1 Å². The first kappa shape index (κ1) is 18.4. The molecule has 0 bridgehead atoms. The molecule has 2 atom stereocenters. The van der Waals surface area contributed by atoms with Gasteiger partial charge in [-0.25, -0.2) is 0 Å². The third-order valence-corrected chi connectivity index (χ3v) is 5.10. The highest BCUT2D eigenvalue weighted by Gasteiger charge is 2.34. The van der Waals surface area contributed by atoms with Crippen molar-refractivity contribution >= 4 is 5.97 Å². The monoisotopic (exact) mass is 345 g/mol. The van der Waals surface area contributed by atoms with Crippen LogP contribution in [0.5, 0.6) is 0 Å². The minimum atomic E-state index is -0.442. The molecule has 0 spiro atoms. The van der Waals surface area contributed by atoms with Crippen LogP contribution < -0.4 is 5.32 Å². The Kier molecular flexibility index (Phi) is 5.77. The molecule has 0 saturated carbocycles. The summed E-state index contributed by atoms with van der Waals surface area (Å²) >= 11 is 0.